The normalized spacial score (nSPS) is 28.9. The summed E-state index contributed by atoms with van der Waals surface area (Å²) >= 11 is 0. The van der Waals surface area contributed by atoms with Crippen molar-refractivity contribution in [3.8, 4) is 28.7 Å². The molecule has 0 saturated carbocycles. The van der Waals surface area contributed by atoms with Gasteiger partial charge in [-0.15, -0.1) is 0 Å². The van der Waals surface area contributed by atoms with E-state index in [1.165, 1.54) is 13.2 Å². The lowest BCUT2D eigenvalue weighted by Gasteiger charge is -2.41. The van der Waals surface area contributed by atoms with Crippen LogP contribution < -0.4 is 10.5 Å². The van der Waals surface area contributed by atoms with Crippen molar-refractivity contribution in [1.82, 2.24) is 0 Å². The van der Waals surface area contributed by atoms with Crippen LogP contribution in [-0.4, -0.2) is 85.4 Å². The van der Waals surface area contributed by atoms with Gasteiger partial charge < -0.3 is 55.7 Å². The fourth-order valence-electron chi connectivity index (χ4n) is 5.79. The van der Waals surface area contributed by atoms with Crippen LogP contribution in [0, 0.1) is 0 Å². The van der Waals surface area contributed by atoms with Gasteiger partial charge in [-0.1, -0.05) is 12.1 Å². The Labute approximate surface area is 222 Å². The molecule has 210 valence electrons. The Kier molecular flexibility index (Phi) is 6.74. The molecule has 0 spiro atoms. The molecule has 1 aliphatic carbocycles. The highest BCUT2D eigenvalue weighted by Gasteiger charge is 2.48. The number of fused-ring (bicyclic) bond motifs is 3. The highest BCUT2D eigenvalue weighted by molar-refractivity contribution is 6.17. The van der Waals surface area contributed by atoms with Crippen LogP contribution in [0.3, 0.4) is 0 Å². The molecule has 0 bridgehead atoms. The molecule has 3 aromatic carbocycles. The second kappa shape index (κ2) is 9.66. The van der Waals surface area contributed by atoms with E-state index in [9.17, 15) is 40.5 Å². The summed E-state index contributed by atoms with van der Waals surface area (Å²) in [5.41, 5.74) is 3.65. The molecule has 39 heavy (non-hydrogen) atoms. The SMILES string of the molecule is COc1cccc2c(O)c3c(O)c4c(c(O)c3c(O)c12)C(OC1CC(N)C(O)C(C)O1)CC(O)(C(=O)CO)C4. The third-order valence-electron chi connectivity index (χ3n) is 7.84. The van der Waals surface area contributed by atoms with E-state index in [1.54, 1.807) is 19.1 Å². The number of Topliss-reactive ketones (excluding diaryl/α,β-unsaturated/α-hetero) is 1. The van der Waals surface area contributed by atoms with Crippen LogP contribution in [0.25, 0.3) is 21.5 Å². The van der Waals surface area contributed by atoms with Gasteiger partial charge >= 0.3 is 0 Å². The number of aliphatic hydroxyl groups excluding tert-OH is 2. The van der Waals surface area contributed by atoms with Gasteiger partial charge in [0.15, 0.2) is 12.1 Å². The largest absolute Gasteiger partial charge is 0.507 e. The molecule has 0 amide bonds. The number of hydrogen-bond acceptors (Lipinski definition) is 12. The van der Waals surface area contributed by atoms with Crippen molar-refractivity contribution in [3.05, 3.63) is 29.3 Å². The summed E-state index contributed by atoms with van der Waals surface area (Å²) in [5, 5.41) is 75.9. The van der Waals surface area contributed by atoms with Crippen molar-refractivity contribution in [2.24, 2.45) is 5.73 Å². The average Bonchev–Trinajstić information content (AvgIpc) is 2.90. The minimum absolute atomic E-state index is 0.0396. The molecule has 1 aliphatic heterocycles. The Morgan fingerprint density at radius 2 is 1.79 bits per heavy atom. The number of hydrogen-bond donors (Lipinski definition) is 8. The Morgan fingerprint density at radius 1 is 1.10 bits per heavy atom. The van der Waals surface area contributed by atoms with Crippen LogP contribution in [0.1, 0.15) is 37.0 Å². The van der Waals surface area contributed by atoms with Crippen LogP contribution >= 0.6 is 0 Å². The lowest BCUT2D eigenvalue weighted by Crippen LogP contribution is -2.52. The predicted octanol–water partition coefficient (Wildman–Crippen LogP) is 0.944. The number of carbonyl (C=O) groups excluding carboxylic acids is 1. The quantitative estimate of drug-likeness (QED) is 0.166. The van der Waals surface area contributed by atoms with Gasteiger partial charge in [0.05, 0.1) is 41.6 Å². The molecule has 2 aliphatic rings. The first-order chi connectivity index (χ1) is 18.4. The summed E-state index contributed by atoms with van der Waals surface area (Å²) < 4.78 is 17.1. The van der Waals surface area contributed by atoms with Crippen LogP contribution in [0.5, 0.6) is 28.7 Å². The summed E-state index contributed by atoms with van der Waals surface area (Å²) in [4.78, 5) is 12.6. The third kappa shape index (κ3) is 4.11. The fourth-order valence-corrected chi connectivity index (χ4v) is 5.79. The van der Waals surface area contributed by atoms with Gasteiger partial charge in [-0.05, 0) is 13.0 Å². The summed E-state index contributed by atoms with van der Waals surface area (Å²) in [6.45, 7) is 0.597. The Bertz CT molecular complexity index is 1460. The molecule has 0 aromatic heterocycles. The maximum absolute atomic E-state index is 12.6. The van der Waals surface area contributed by atoms with Crippen molar-refractivity contribution in [3.63, 3.8) is 0 Å². The Balaban J connectivity index is 1.77. The van der Waals surface area contributed by atoms with Crippen LogP contribution in [-0.2, 0) is 20.7 Å². The molecule has 6 unspecified atom stereocenters. The summed E-state index contributed by atoms with van der Waals surface area (Å²) in [6, 6.07) is 3.89. The van der Waals surface area contributed by atoms with E-state index < -0.39 is 84.5 Å². The second-order valence-corrected chi connectivity index (χ2v) is 10.2. The molecule has 0 radical (unpaired) electrons. The first-order valence-corrected chi connectivity index (χ1v) is 12.5. The fraction of sp³-hybridized carbons (Fsp3) is 0.444. The van der Waals surface area contributed by atoms with Crippen LogP contribution in [0.2, 0.25) is 0 Å². The number of phenolic OH excluding ortho intramolecular Hbond substituents is 4. The van der Waals surface area contributed by atoms with E-state index in [-0.39, 0.29) is 44.8 Å². The van der Waals surface area contributed by atoms with Gasteiger partial charge in [-0.25, -0.2) is 0 Å². The molecule has 9 N–H and O–H groups in total. The number of carbonyl (C=O) groups is 1. The van der Waals surface area contributed by atoms with Crippen molar-refractivity contribution < 1.29 is 54.8 Å². The number of aliphatic hydroxyl groups is 3. The maximum atomic E-state index is 12.6. The van der Waals surface area contributed by atoms with E-state index in [4.69, 9.17) is 19.9 Å². The first-order valence-electron chi connectivity index (χ1n) is 12.5. The highest BCUT2D eigenvalue weighted by atomic mass is 16.7. The molecule has 6 atom stereocenters. The first kappa shape index (κ1) is 27.2. The summed E-state index contributed by atoms with van der Waals surface area (Å²) in [6.07, 6.45) is -4.91. The zero-order valence-electron chi connectivity index (χ0n) is 21.3. The number of ketones is 1. The monoisotopic (exact) mass is 545 g/mol. The van der Waals surface area contributed by atoms with E-state index >= 15 is 0 Å². The molecular weight excluding hydrogens is 514 g/mol. The molecule has 12 nitrogen and oxygen atoms in total. The topological polar surface area (TPSA) is 212 Å². The number of methoxy groups -OCH3 is 1. The maximum Gasteiger partial charge on any atom is 0.190 e. The van der Waals surface area contributed by atoms with Crippen LogP contribution in [0.4, 0.5) is 0 Å². The van der Waals surface area contributed by atoms with Gasteiger partial charge in [-0.3, -0.25) is 4.79 Å². The number of rotatable bonds is 5. The molecule has 3 aromatic rings. The number of phenols is 4. The Hall–Kier alpha value is -3.39. The van der Waals surface area contributed by atoms with Gasteiger partial charge in [0.2, 0.25) is 0 Å². The van der Waals surface area contributed by atoms with Crippen molar-refractivity contribution in [1.29, 1.82) is 0 Å². The predicted molar refractivity (Wildman–Crippen MR) is 137 cm³/mol. The molecule has 12 heteroatoms. The van der Waals surface area contributed by atoms with Crippen molar-refractivity contribution in [2.45, 2.75) is 62.4 Å². The number of ether oxygens (including phenoxy) is 3. The van der Waals surface area contributed by atoms with Crippen LogP contribution in [0.15, 0.2) is 18.2 Å². The smallest absolute Gasteiger partial charge is 0.190 e. The van der Waals surface area contributed by atoms with E-state index in [0.717, 1.165) is 0 Å². The molecule has 1 heterocycles. The minimum atomic E-state index is -2.20. The third-order valence-corrected chi connectivity index (χ3v) is 7.84. The van der Waals surface area contributed by atoms with E-state index in [1.807, 2.05) is 0 Å². The zero-order valence-corrected chi connectivity index (χ0v) is 21.3. The summed E-state index contributed by atoms with van der Waals surface area (Å²) in [7, 11) is 1.37. The zero-order chi connectivity index (χ0) is 28.4. The van der Waals surface area contributed by atoms with Gasteiger partial charge in [0.1, 0.15) is 41.0 Å². The molecular formula is C27H31NO11. The van der Waals surface area contributed by atoms with E-state index in [2.05, 4.69) is 0 Å². The molecule has 1 saturated heterocycles. The average molecular weight is 546 g/mol. The lowest BCUT2D eigenvalue weighted by molar-refractivity contribution is -0.247. The number of aromatic hydroxyl groups is 4. The van der Waals surface area contributed by atoms with Gasteiger partial charge in [-0.2, -0.15) is 0 Å². The number of nitrogens with two attached hydrogens (primary N) is 1. The van der Waals surface area contributed by atoms with E-state index in [0.29, 0.717) is 0 Å². The molecule has 5 rings (SSSR count). The van der Waals surface area contributed by atoms with Gasteiger partial charge in [0, 0.05) is 41.8 Å². The van der Waals surface area contributed by atoms with Crippen molar-refractivity contribution in [2.75, 3.05) is 13.7 Å². The summed E-state index contributed by atoms with van der Waals surface area (Å²) in [5.74, 6) is -2.86. The number of benzene rings is 3. The second-order valence-electron chi connectivity index (χ2n) is 10.2. The Morgan fingerprint density at radius 3 is 2.44 bits per heavy atom. The standard InChI is InChI=1S/C27H31NO11/c1-10-22(31)13(28)6-17(38-10)39-15-8-27(36,16(30)9-29)7-12-19(15)26(35)21-20(24(12)33)23(32)11-4-3-5-14(37-2)18(11)25(21)34/h3-5,10,13,15,17,22,29,31-36H,6-9,28H2,1-2H3. The highest BCUT2D eigenvalue weighted by Crippen LogP contribution is 2.57. The molecule has 1 fully saturated rings. The van der Waals surface area contributed by atoms with Gasteiger partial charge in [0.25, 0.3) is 0 Å². The minimum Gasteiger partial charge on any atom is -0.507 e. The lowest BCUT2D eigenvalue weighted by atomic mass is 9.74. The van der Waals surface area contributed by atoms with Crippen molar-refractivity contribution >= 4 is 27.3 Å².